The Kier molecular flexibility index (Phi) is 4.18. The fourth-order valence-electron chi connectivity index (χ4n) is 2.34. The monoisotopic (exact) mass is 260 g/mol. The van der Waals surface area contributed by atoms with Crippen molar-refractivity contribution in [3.8, 4) is 11.8 Å². The number of hydrogen-bond donors (Lipinski definition) is 1. The highest BCUT2D eigenvalue weighted by molar-refractivity contribution is 5.97. The van der Waals surface area contributed by atoms with Crippen LogP contribution in [0.25, 0.3) is 0 Å². The van der Waals surface area contributed by atoms with E-state index >= 15 is 0 Å². The summed E-state index contributed by atoms with van der Waals surface area (Å²) < 4.78 is 13.4. The number of amides is 1. The van der Waals surface area contributed by atoms with Crippen LogP contribution in [-0.4, -0.2) is 29.9 Å². The average molecular weight is 260 g/mol. The van der Waals surface area contributed by atoms with Crippen LogP contribution in [0, 0.1) is 17.7 Å². The number of benzene rings is 1. The fourth-order valence-corrected chi connectivity index (χ4v) is 2.34. The maximum atomic E-state index is 13.4. The Morgan fingerprint density at radius 3 is 3.00 bits per heavy atom. The summed E-state index contributed by atoms with van der Waals surface area (Å²) >= 11 is 0. The molecule has 1 fully saturated rings. The predicted molar refractivity (Wildman–Crippen MR) is 72.1 cm³/mol. The van der Waals surface area contributed by atoms with E-state index in [1.54, 1.807) is 4.90 Å². The van der Waals surface area contributed by atoms with Crippen LogP contribution in [0.5, 0.6) is 0 Å². The number of hydrogen-bond acceptors (Lipinski definition) is 2. The molecule has 1 heterocycles. The van der Waals surface area contributed by atoms with Gasteiger partial charge in [0.25, 0.3) is 5.91 Å². The topological polar surface area (TPSA) is 46.3 Å². The quantitative estimate of drug-likeness (QED) is 0.782. The van der Waals surface area contributed by atoms with E-state index in [1.165, 1.54) is 18.2 Å². The number of nitrogens with two attached hydrogens (primary N) is 1. The smallest absolute Gasteiger partial charge is 0.255 e. The zero-order valence-corrected chi connectivity index (χ0v) is 10.9. The average Bonchev–Trinajstić information content (AvgIpc) is 2.82. The molecule has 1 aliphatic heterocycles. The van der Waals surface area contributed by atoms with Gasteiger partial charge < -0.3 is 10.6 Å². The van der Waals surface area contributed by atoms with E-state index in [0.717, 1.165) is 19.4 Å². The van der Waals surface area contributed by atoms with Crippen molar-refractivity contribution in [2.45, 2.75) is 25.8 Å². The van der Waals surface area contributed by atoms with Gasteiger partial charge in [0.15, 0.2) is 0 Å². The van der Waals surface area contributed by atoms with Crippen LogP contribution >= 0.6 is 0 Å². The molecule has 2 rings (SSSR count). The van der Waals surface area contributed by atoms with Gasteiger partial charge in [-0.3, -0.25) is 4.79 Å². The number of likely N-dealkylation sites (tertiary alicyclic amines) is 1. The van der Waals surface area contributed by atoms with Crippen molar-refractivity contribution >= 4 is 5.91 Å². The standard InChI is InChI=1S/C15H17FN2O/c1-11-4-3-9-18(11)15(19)14-10-13(16)7-6-12(14)5-2-8-17/h6-7,10-11H,3-4,8-9,17H2,1H3. The summed E-state index contributed by atoms with van der Waals surface area (Å²) in [6, 6.07) is 4.30. The van der Waals surface area contributed by atoms with E-state index in [2.05, 4.69) is 11.8 Å². The first kappa shape index (κ1) is 13.6. The van der Waals surface area contributed by atoms with Gasteiger partial charge in [-0.2, -0.15) is 0 Å². The SMILES string of the molecule is CC1CCCN1C(=O)c1cc(F)ccc1C#CCN. The van der Waals surface area contributed by atoms with E-state index in [0.29, 0.717) is 11.1 Å². The first-order valence-corrected chi connectivity index (χ1v) is 6.43. The van der Waals surface area contributed by atoms with Gasteiger partial charge in [0.2, 0.25) is 0 Å². The second-order valence-electron chi connectivity index (χ2n) is 4.69. The van der Waals surface area contributed by atoms with Crippen LogP contribution in [0.3, 0.4) is 0 Å². The molecule has 0 radical (unpaired) electrons. The van der Waals surface area contributed by atoms with Gasteiger partial charge in [0.05, 0.1) is 12.1 Å². The number of rotatable bonds is 1. The highest BCUT2D eigenvalue weighted by Crippen LogP contribution is 2.21. The van der Waals surface area contributed by atoms with E-state index < -0.39 is 5.82 Å². The molecule has 1 atom stereocenters. The van der Waals surface area contributed by atoms with Crippen LogP contribution in [0.15, 0.2) is 18.2 Å². The molecule has 0 aromatic heterocycles. The molecule has 19 heavy (non-hydrogen) atoms. The van der Waals surface area contributed by atoms with E-state index in [-0.39, 0.29) is 18.5 Å². The summed E-state index contributed by atoms with van der Waals surface area (Å²) in [6.07, 6.45) is 1.98. The van der Waals surface area contributed by atoms with Crippen molar-refractivity contribution < 1.29 is 9.18 Å². The fraction of sp³-hybridized carbons (Fsp3) is 0.400. The molecule has 0 bridgehead atoms. The highest BCUT2D eigenvalue weighted by atomic mass is 19.1. The second-order valence-corrected chi connectivity index (χ2v) is 4.69. The highest BCUT2D eigenvalue weighted by Gasteiger charge is 2.27. The second kappa shape index (κ2) is 5.85. The van der Waals surface area contributed by atoms with Crippen LogP contribution in [0.1, 0.15) is 35.7 Å². The number of carbonyl (C=O) groups is 1. The molecule has 100 valence electrons. The van der Waals surface area contributed by atoms with Crippen molar-refractivity contribution in [3.63, 3.8) is 0 Å². The summed E-state index contributed by atoms with van der Waals surface area (Å²) in [6.45, 7) is 2.95. The van der Waals surface area contributed by atoms with Gasteiger partial charge in [-0.1, -0.05) is 11.8 Å². The van der Waals surface area contributed by atoms with Crippen molar-refractivity contribution in [2.75, 3.05) is 13.1 Å². The maximum Gasteiger partial charge on any atom is 0.255 e. The Balaban J connectivity index is 2.36. The third-order valence-electron chi connectivity index (χ3n) is 3.35. The molecule has 1 aliphatic rings. The Bertz CT molecular complexity index is 545. The molecule has 3 nitrogen and oxygen atoms in total. The lowest BCUT2D eigenvalue weighted by atomic mass is 10.1. The van der Waals surface area contributed by atoms with Crippen LogP contribution in [0.2, 0.25) is 0 Å². The first-order valence-electron chi connectivity index (χ1n) is 6.43. The van der Waals surface area contributed by atoms with Crippen molar-refractivity contribution in [3.05, 3.63) is 35.1 Å². The Hall–Kier alpha value is -1.86. The summed E-state index contributed by atoms with van der Waals surface area (Å²) in [7, 11) is 0. The molecular weight excluding hydrogens is 243 g/mol. The summed E-state index contributed by atoms with van der Waals surface area (Å²) in [5.41, 5.74) is 6.20. The minimum absolute atomic E-state index is 0.147. The van der Waals surface area contributed by atoms with Gasteiger partial charge >= 0.3 is 0 Å². The number of halogens is 1. The normalized spacial score (nSPS) is 18.1. The third-order valence-corrected chi connectivity index (χ3v) is 3.35. The molecule has 0 spiro atoms. The summed E-state index contributed by atoms with van der Waals surface area (Å²) in [5, 5.41) is 0. The summed E-state index contributed by atoms with van der Waals surface area (Å²) in [4.78, 5) is 14.2. The van der Waals surface area contributed by atoms with E-state index in [9.17, 15) is 9.18 Å². The van der Waals surface area contributed by atoms with Crippen LogP contribution in [0.4, 0.5) is 4.39 Å². The van der Waals surface area contributed by atoms with E-state index in [1.807, 2.05) is 6.92 Å². The lowest BCUT2D eigenvalue weighted by Crippen LogP contribution is -2.34. The molecule has 1 unspecified atom stereocenters. The van der Waals surface area contributed by atoms with Crippen LogP contribution in [-0.2, 0) is 0 Å². The predicted octanol–water partition coefficient (Wildman–Crippen LogP) is 1.76. The van der Waals surface area contributed by atoms with Crippen molar-refractivity contribution in [1.29, 1.82) is 0 Å². The lowest BCUT2D eigenvalue weighted by molar-refractivity contribution is 0.0746. The zero-order chi connectivity index (χ0) is 13.8. The molecule has 1 amide bonds. The Morgan fingerprint density at radius 2 is 2.37 bits per heavy atom. The number of nitrogens with zero attached hydrogens (tertiary/aromatic N) is 1. The van der Waals surface area contributed by atoms with Gasteiger partial charge in [-0.05, 0) is 38.0 Å². The zero-order valence-electron chi connectivity index (χ0n) is 10.9. The molecule has 1 aromatic carbocycles. The minimum atomic E-state index is -0.423. The molecule has 0 aliphatic carbocycles. The van der Waals surface area contributed by atoms with Gasteiger partial charge in [0.1, 0.15) is 5.82 Å². The molecule has 2 N–H and O–H groups in total. The number of carbonyl (C=O) groups excluding carboxylic acids is 1. The Morgan fingerprint density at radius 1 is 1.58 bits per heavy atom. The van der Waals surface area contributed by atoms with Crippen molar-refractivity contribution in [1.82, 2.24) is 4.90 Å². The first-order chi connectivity index (χ1) is 9.13. The van der Waals surface area contributed by atoms with Crippen LogP contribution < -0.4 is 5.73 Å². The van der Waals surface area contributed by atoms with E-state index in [4.69, 9.17) is 5.73 Å². The van der Waals surface area contributed by atoms with Gasteiger partial charge in [-0.15, -0.1) is 0 Å². The van der Waals surface area contributed by atoms with Gasteiger partial charge in [0, 0.05) is 18.2 Å². The lowest BCUT2D eigenvalue weighted by Gasteiger charge is -2.22. The maximum absolute atomic E-state index is 13.4. The molecule has 4 heteroatoms. The minimum Gasteiger partial charge on any atom is -0.336 e. The molecule has 1 aromatic rings. The molecular formula is C15H17FN2O. The Labute approximate surface area is 112 Å². The third kappa shape index (κ3) is 2.94. The molecule has 0 saturated carbocycles. The molecule has 1 saturated heterocycles. The largest absolute Gasteiger partial charge is 0.336 e. The summed E-state index contributed by atoms with van der Waals surface area (Å²) in [5.74, 6) is 4.97. The van der Waals surface area contributed by atoms with Gasteiger partial charge in [-0.25, -0.2) is 4.39 Å². The van der Waals surface area contributed by atoms with Crippen molar-refractivity contribution in [2.24, 2.45) is 5.73 Å².